The lowest BCUT2D eigenvalue weighted by atomic mass is 9.74. The number of hydrogen-bond acceptors (Lipinski definition) is 5. The van der Waals surface area contributed by atoms with Crippen LogP contribution in [0.3, 0.4) is 0 Å². The molecule has 0 amide bonds. The zero-order valence-electron chi connectivity index (χ0n) is 33.5. The van der Waals surface area contributed by atoms with Crippen molar-refractivity contribution >= 4 is 8.80 Å². The lowest BCUT2D eigenvalue weighted by molar-refractivity contribution is -0.0261. The maximum absolute atomic E-state index is 6.78. The predicted molar refractivity (Wildman–Crippen MR) is 218 cm³/mol. The maximum Gasteiger partial charge on any atom is 0.501 e. The first-order valence-electron chi connectivity index (χ1n) is 20.8. The van der Waals surface area contributed by atoms with Gasteiger partial charge in [-0.15, -0.1) is 0 Å². The Morgan fingerprint density at radius 2 is 1.17 bits per heavy atom. The van der Waals surface area contributed by atoms with Crippen LogP contribution in [-0.2, 0) is 35.6 Å². The summed E-state index contributed by atoms with van der Waals surface area (Å²) in [5, 5.41) is 0. The average Bonchev–Trinajstić information content (AvgIpc) is 3.15. The molecule has 0 aliphatic heterocycles. The van der Waals surface area contributed by atoms with E-state index in [1.807, 2.05) is 20.8 Å². The number of aryl methyl sites for hydroxylation is 2. The third-order valence-electron chi connectivity index (χ3n) is 11.0. The molecule has 0 fully saturated rings. The fourth-order valence-electron chi connectivity index (χ4n) is 7.87. The van der Waals surface area contributed by atoms with Gasteiger partial charge in [0.15, 0.2) is 0 Å². The highest BCUT2D eigenvalue weighted by atomic mass is 28.4. The van der Waals surface area contributed by atoms with Crippen molar-refractivity contribution in [1.29, 1.82) is 0 Å². The Kier molecular flexibility index (Phi) is 19.1. The fraction of sp³-hybridized carbons (Fsp3) is 0.609. The highest BCUT2D eigenvalue weighted by Crippen LogP contribution is 2.42. The van der Waals surface area contributed by atoms with Gasteiger partial charge in [-0.1, -0.05) is 112 Å². The summed E-state index contributed by atoms with van der Waals surface area (Å²) in [6, 6.07) is 30.7. The topological polar surface area (TPSA) is 46.2 Å². The van der Waals surface area contributed by atoms with Crippen LogP contribution in [0.4, 0.5) is 0 Å². The Bertz CT molecular complexity index is 1350. The van der Waals surface area contributed by atoms with E-state index in [2.05, 4.69) is 99.6 Å². The smallest absolute Gasteiger partial charge is 0.379 e. The number of benzene rings is 3. The molecule has 4 rings (SSSR count). The normalized spacial score (nSPS) is 15.7. The summed E-state index contributed by atoms with van der Waals surface area (Å²) in [5.41, 5.74) is 7.46. The lowest BCUT2D eigenvalue weighted by Gasteiger charge is -2.32. The molecule has 0 N–H and O–H groups in total. The van der Waals surface area contributed by atoms with E-state index < -0.39 is 8.80 Å². The molecule has 0 saturated carbocycles. The van der Waals surface area contributed by atoms with Gasteiger partial charge in [0.25, 0.3) is 0 Å². The van der Waals surface area contributed by atoms with Gasteiger partial charge in [0.2, 0.25) is 0 Å². The number of fused-ring (bicyclic) bond motifs is 1. The van der Waals surface area contributed by atoms with Gasteiger partial charge in [0.1, 0.15) is 0 Å². The first-order valence-corrected chi connectivity index (χ1v) is 22.7. The zero-order valence-corrected chi connectivity index (χ0v) is 34.5. The van der Waals surface area contributed by atoms with Crippen LogP contribution in [-0.4, -0.2) is 54.5 Å². The molecule has 5 unspecified atom stereocenters. The third-order valence-corrected chi connectivity index (χ3v) is 14.1. The van der Waals surface area contributed by atoms with Crippen LogP contribution in [0.2, 0.25) is 6.04 Å². The Morgan fingerprint density at radius 3 is 1.69 bits per heavy atom. The number of rotatable bonds is 28. The summed E-state index contributed by atoms with van der Waals surface area (Å²) in [7, 11) is -2.72. The van der Waals surface area contributed by atoms with Gasteiger partial charge in [-0.25, -0.2) is 0 Å². The molecule has 1 aliphatic carbocycles. The van der Waals surface area contributed by atoms with Crippen molar-refractivity contribution in [1.82, 2.24) is 0 Å². The summed E-state index contributed by atoms with van der Waals surface area (Å²) in [6.45, 7) is 16.8. The van der Waals surface area contributed by atoms with Gasteiger partial charge in [-0.05, 0) is 124 Å². The summed E-state index contributed by atoms with van der Waals surface area (Å²) >= 11 is 0. The zero-order chi connectivity index (χ0) is 37.0. The van der Waals surface area contributed by atoms with Crippen LogP contribution in [0, 0.1) is 5.92 Å². The quantitative estimate of drug-likeness (QED) is 0.0550. The standard InChI is InChI=1S/C46H70O5Si/c1-7-12-28-47-36-46(48-29-19-30-52(49-9-3,50-10-4)51-11-5)35-45(39-22-17-14-18-23-39)34-44(42-27-25-40-24-26-41(40)32-42)33-43(31-37(6)8-2)38-20-15-13-16-21-38/h13-18,20-23,25,27,32,37,43-46H,7-12,19,24,26,28-31,33-36H2,1-6H3. The van der Waals surface area contributed by atoms with E-state index in [1.165, 1.54) is 47.9 Å². The van der Waals surface area contributed by atoms with Gasteiger partial charge in [0, 0.05) is 39.1 Å². The van der Waals surface area contributed by atoms with Crippen molar-refractivity contribution in [2.75, 3.05) is 39.6 Å². The molecule has 0 spiro atoms. The molecule has 0 saturated heterocycles. The van der Waals surface area contributed by atoms with E-state index in [0.29, 0.717) is 56.7 Å². The van der Waals surface area contributed by atoms with Crippen LogP contribution < -0.4 is 0 Å². The fourth-order valence-corrected chi connectivity index (χ4v) is 10.4. The Hall–Kier alpha value is -2.32. The van der Waals surface area contributed by atoms with Crippen LogP contribution >= 0.6 is 0 Å². The molecule has 0 aromatic heterocycles. The van der Waals surface area contributed by atoms with Crippen LogP contribution in [0.25, 0.3) is 0 Å². The minimum Gasteiger partial charge on any atom is -0.379 e. The minimum atomic E-state index is -2.72. The van der Waals surface area contributed by atoms with Crippen molar-refractivity contribution < 1.29 is 22.8 Å². The maximum atomic E-state index is 6.78. The SMILES string of the molecule is CCCCOCC(CC(CC(CC(CC(C)CC)c1ccccc1)c1ccc2c(c1)CC2)c1ccccc1)OCCC[Si](OCC)(OCC)OCC. The van der Waals surface area contributed by atoms with E-state index in [-0.39, 0.29) is 6.10 Å². The van der Waals surface area contributed by atoms with Crippen molar-refractivity contribution in [2.24, 2.45) is 5.92 Å². The van der Waals surface area contributed by atoms with Gasteiger partial charge in [-0.3, -0.25) is 0 Å². The van der Waals surface area contributed by atoms with Crippen molar-refractivity contribution in [3.8, 4) is 0 Å². The lowest BCUT2D eigenvalue weighted by Crippen LogP contribution is -2.46. The van der Waals surface area contributed by atoms with E-state index in [1.54, 1.807) is 5.56 Å². The molecular weight excluding hydrogens is 661 g/mol. The molecule has 6 heteroatoms. The molecule has 1 aliphatic rings. The van der Waals surface area contributed by atoms with Crippen LogP contribution in [0.15, 0.2) is 78.9 Å². The first kappa shape index (κ1) is 42.4. The molecule has 0 heterocycles. The number of unbranched alkanes of at least 4 members (excludes halogenated alkanes) is 1. The van der Waals surface area contributed by atoms with Crippen molar-refractivity contribution in [3.05, 3.63) is 107 Å². The molecule has 3 aromatic carbocycles. The molecule has 3 aromatic rings. The summed E-state index contributed by atoms with van der Waals surface area (Å²) in [5.74, 6) is 1.96. The third kappa shape index (κ3) is 13.5. The monoisotopic (exact) mass is 730 g/mol. The van der Waals surface area contributed by atoms with Gasteiger partial charge in [-0.2, -0.15) is 0 Å². The Balaban J connectivity index is 1.60. The van der Waals surface area contributed by atoms with E-state index in [9.17, 15) is 0 Å². The highest BCUT2D eigenvalue weighted by Gasteiger charge is 2.39. The van der Waals surface area contributed by atoms with Gasteiger partial charge >= 0.3 is 8.80 Å². The van der Waals surface area contributed by atoms with Crippen LogP contribution in [0.5, 0.6) is 0 Å². The van der Waals surface area contributed by atoms with E-state index in [4.69, 9.17) is 22.8 Å². The highest BCUT2D eigenvalue weighted by molar-refractivity contribution is 6.60. The van der Waals surface area contributed by atoms with E-state index >= 15 is 0 Å². The van der Waals surface area contributed by atoms with Gasteiger partial charge in [0.05, 0.1) is 12.7 Å². The van der Waals surface area contributed by atoms with Gasteiger partial charge < -0.3 is 22.8 Å². The Morgan fingerprint density at radius 1 is 0.596 bits per heavy atom. The molecule has 5 nitrogen and oxygen atoms in total. The first-order chi connectivity index (χ1) is 25.4. The molecule has 5 atom stereocenters. The average molecular weight is 731 g/mol. The number of ether oxygens (including phenoxy) is 2. The minimum absolute atomic E-state index is 0.00749. The summed E-state index contributed by atoms with van der Waals surface area (Å²) in [4.78, 5) is 0. The Labute approximate surface area is 318 Å². The van der Waals surface area contributed by atoms with Crippen molar-refractivity contribution in [2.45, 2.75) is 136 Å². The second kappa shape index (κ2) is 23.5. The van der Waals surface area contributed by atoms with Crippen LogP contribution in [0.1, 0.15) is 138 Å². The molecule has 288 valence electrons. The van der Waals surface area contributed by atoms with E-state index in [0.717, 1.165) is 51.2 Å². The van der Waals surface area contributed by atoms with Crippen molar-refractivity contribution in [3.63, 3.8) is 0 Å². The second-order valence-corrected chi connectivity index (χ2v) is 17.6. The molecule has 0 bridgehead atoms. The summed E-state index contributed by atoms with van der Waals surface area (Å²) in [6.07, 6.45) is 11.0. The largest absolute Gasteiger partial charge is 0.501 e. The number of hydrogen-bond donors (Lipinski definition) is 0. The summed E-state index contributed by atoms with van der Waals surface area (Å²) < 4.78 is 31.5. The second-order valence-electron chi connectivity index (χ2n) is 14.9. The molecule has 0 radical (unpaired) electrons. The predicted octanol–water partition coefficient (Wildman–Crippen LogP) is 11.7. The molecular formula is C46H70O5Si. The molecule has 52 heavy (non-hydrogen) atoms.